The summed E-state index contributed by atoms with van der Waals surface area (Å²) in [4.78, 5) is 14.8. The Morgan fingerprint density at radius 2 is 2.00 bits per heavy atom. The molecule has 6 nitrogen and oxygen atoms in total. The van der Waals surface area contributed by atoms with Gasteiger partial charge in [-0.2, -0.15) is 5.26 Å². The van der Waals surface area contributed by atoms with Gasteiger partial charge < -0.3 is 0 Å². The highest BCUT2D eigenvalue weighted by Crippen LogP contribution is 2.27. The molecule has 0 spiro atoms. The van der Waals surface area contributed by atoms with E-state index in [1.165, 1.54) is 16.7 Å². The van der Waals surface area contributed by atoms with Crippen molar-refractivity contribution in [2.45, 2.75) is 13.8 Å². The number of hydrogen-bond donors (Lipinski definition) is 0. The number of hydrogen-bond acceptors (Lipinski definition) is 4. The minimum absolute atomic E-state index is 0.0759. The minimum Gasteiger partial charge on any atom is -0.284 e. The molecule has 6 heteroatoms. The number of nitro groups is 1. The summed E-state index contributed by atoms with van der Waals surface area (Å²) in [5, 5.41) is 20.3. The average molecular weight is 292 g/mol. The molecule has 108 valence electrons. The molecule has 0 aliphatic carbocycles. The highest BCUT2D eigenvalue weighted by Gasteiger charge is 2.16. The maximum absolute atomic E-state index is 10.9. The van der Waals surface area contributed by atoms with Crippen molar-refractivity contribution in [3.8, 4) is 17.3 Å². The zero-order valence-corrected chi connectivity index (χ0v) is 12.1. The van der Waals surface area contributed by atoms with E-state index in [1.54, 1.807) is 6.07 Å². The molecular formula is C16H12N4O2. The maximum Gasteiger partial charge on any atom is 0.286 e. The topological polar surface area (TPSA) is 84.2 Å². The number of imidazole rings is 1. The van der Waals surface area contributed by atoms with Crippen molar-refractivity contribution in [1.29, 1.82) is 5.26 Å². The average Bonchev–Trinajstić information content (AvgIpc) is 2.87. The predicted octanol–water partition coefficient (Wildman–Crippen LogP) is 3.40. The quantitative estimate of drug-likeness (QED) is 0.535. The number of nitrogens with zero attached hydrogens (tertiary/aromatic N) is 4. The zero-order chi connectivity index (χ0) is 15.9. The van der Waals surface area contributed by atoms with Gasteiger partial charge in [0.05, 0.1) is 11.1 Å². The van der Waals surface area contributed by atoms with Gasteiger partial charge in [-0.25, -0.2) is 4.98 Å². The predicted molar refractivity (Wildman–Crippen MR) is 81.5 cm³/mol. The van der Waals surface area contributed by atoms with E-state index in [4.69, 9.17) is 0 Å². The van der Waals surface area contributed by atoms with Crippen LogP contribution < -0.4 is 0 Å². The fourth-order valence-corrected chi connectivity index (χ4v) is 2.34. The molecule has 0 aliphatic heterocycles. The Bertz CT molecular complexity index is 951. The number of aromatic nitrogens is 2. The van der Waals surface area contributed by atoms with E-state index in [1.807, 2.05) is 32.0 Å². The molecule has 0 radical (unpaired) electrons. The fraction of sp³-hybridized carbons (Fsp3) is 0.125. The van der Waals surface area contributed by atoms with Gasteiger partial charge in [0.1, 0.15) is 17.4 Å². The first-order valence-corrected chi connectivity index (χ1v) is 6.65. The number of fused-ring (bicyclic) bond motifs is 1. The summed E-state index contributed by atoms with van der Waals surface area (Å²) in [6, 6.07) is 10.9. The van der Waals surface area contributed by atoms with Crippen LogP contribution in [0.25, 0.3) is 16.9 Å². The Morgan fingerprint density at radius 3 is 2.64 bits per heavy atom. The largest absolute Gasteiger partial charge is 0.286 e. The van der Waals surface area contributed by atoms with Crippen molar-refractivity contribution in [1.82, 2.24) is 9.38 Å². The maximum atomic E-state index is 10.9. The Morgan fingerprint density at radius 1 is 1.23 bits per heavy atom. The first kappa shape index (κ1) is 13.8. The van der Waals surface area contributed by atoms with Gasteiger partial charge >= 0.3 is 0 Å². The normalized spacial score (nSPS) is 10.6. The molecule has 0 atom stereocenters. The van der Waals surface area contributed by atoms with Gasteiger partial charge in [-0.3, -0.25) is 14.5 Å². The second-order valence-corrected chi connectivity index (χ2v) is 5.09. The van der Waals surface area contributed by atoms with E-state index in [2.05, 4.69) is 11.1 Å². The number of nitriles is 1. The van der Waals surface area contributed by atoms with Crippen LogP contribution in [0.4, 0.5) is 5.69 Å². The Hall–Kier alpha value is -3.20. The number of aryl methyl sites for hydroxylation is 2. The van der Waals surface area contributed by atoms with E-state index in [0.717, 1.165) is 16.7 Å². The Labute approximate surface area is 126 Å². The monoisotopic (exact) mass is 292 g/mol. The Balaban J connectivity index is 2.28. The van der Waals surface area contributed by atoms with Crippen molar-refractivity contribution in [3.05, 3.63) is 63.5 Å². The van der Waals surface area contributed by atoms with Gasteiger partial charge in [0.25, 0.3) is 5.69 Å². The molecule has 3 aromatic rings. The van der Waals surface area contributed by atoms with Crippen LogP contribution in [0.3, 0.4) is 0 Å². The fourth-order valence-electron chi connectivity index (χ4n) is 2.34. The molecule has 0 aliphatic rings. The summed E-state index contributed by atoms with van der Waals surface area (Å²) in [5.74, 6) is 0. The molecule has 3 rings (SSSR count). The second-order valence-electron chi connectivity index (χ2n) is 5.09. The van der Waals surface area contributed by atoms with Crippen LogP contribution in [0.2, 0.25) is 0 Å². The third-order valence-electron chi connectivity index (χ3n) is 3.70. The van der Waals surface area contributed by atoms with Crippen LogP contribution in [0.5, 0.6) is 0 Å². The molecule has 22 heavy (non-hydrogen) atoms. The van der Waals surface area contributed by atoms with Crippen molar-refractivity contribution in [2.24, 2.45) is 0 Å². The summed E-state index contributed by atoms with van der Waals surface area (Å²) < 4.78 is 1.46. The molecule has 2 heterocycles. The lowest BCUT2D eigenvalue weighted by Gasteiger charge is -2.03. The number of rotatable bonds is 2. The smallest absolute Gasteiger partial charge is 0.284 e. The standard InChI is InChI=1S/C16H12N4O2/c1-10-3-4-12(7-11(10)2)16-14(8-17)19-9-13(20(21)22)5-6-15(19)18-16/h3-7,9H,1-2H3. The summed E-state index contributed by atoms with van der Waals surface area (Å²) in [7, 11) is 0. The summed E-state index contributed by atoms with van der Waals surface area (Å²) >= 11 is 0. The molecule has 0 fully saturated rings. The first-order valence-electron chi connectivity index (χ1n) is 6.65. The molecule has 2 aromatic heterocycles. The molecule has 0 amide bonds. The first-order chi connectivity index (χ1) is 10.5. The molecule has 0 saturated heterocycles. The Kier molecular flexibility index (Phi) is 3.11. The van der Waals surface area contributed by atoms with E-state index in [0.29, 0.717) is 17.0 Å². The van der Waals surface area contributed by atoms with Gasteiger partial charge in [-0.05, 0) is 37.1 Å². The highest BCUT2D eigenvalue weighted by molar-refractivity contribution is 5.70. The van der Waals surface area contributed by atoms with Gasteiger partial charge in [-0.1, -0.05) is 12.1 Å². The van der Waals surface area contributed by atoms with E-state index < -0.39 is 4.92 Å². The minimum atomic E-state index is -0.490. The van der Waals surface area contributed by atoms with E-state index >= 15 is 0 Å². The molecular weight excluding hydrogens is 280 g/mol. The third kappa shape index (κ3) is 2.09. The molecule has 0 N–H and O–H groups in total. The summed E-state index contributed by atoms with van der Waals surface area (Å²) in [6.07, 6.45) is 1.32. The van der Waals surface area contributed by atoms with E-state index in [9.17, 15) is 15.4 Å². The van der Waals surface area contributed by atoms with Gasteiger partial charge in [-0.15, -0.1) is 0 Å². The number of benzene rings is 1. The highest BCUT2D eigenvalue weighted by atomic mass is 16.6. The third-order valence-corrected chi connectivity index (χ3v) is 3.70. The van der Waals surface area contributed by atoms with Crippen LogP contribution in [0.15, 0.2) is 36.5 Å². The van der Waals surface area contributed by atoms with Crippen molar-refractivity contribution < 1.29 is 4.92 Å². The van der Waals surface area contributed by atoms with Gasteiger partial charge in [0.15, 0.2) is 5.69 Å². The van der Waals surface area contributed by atoms with Crippen LogP contribution in [-0.2, 0) is 0 Å². The summed E-state index contributed by atoms with van der Waals surface area (Å²) in [5.41, 5.74) is 4.34. The van der Waals surface area contributed by atoms with Gasteiger partial charge in [0.2, 0.25) is 0 Å². The van der Waals surface area contributed by atoms with Crippen LogP contribution in [-0.4, -0.2) is 14.3 Å². The SMILES string of the molecule is Cc1ccc(-c2nc3ccc([N+](=O)[O-])cn3c2C#N)cc1C. The lowest BCUT2D eigenvalue weighted by atomic mass is 10.0. The van der Waals surface area contributed by atoms with Crippen molar-refractivity contribution in [3.63, 3.8) is 0 Å². The van der Waals surface area contributed by atoms with Crippen LogP contribution in [0.1, 0.15) is 16.8 Å². The van der Waals surface area contributed by atoms with Crippen LogP contribution >= 0.6 is 0 Å². The van der Waals surface area contributed by atoms with Gasteiger partial charge in [0, 0.05) is 11.6 Å². The van der Waals surface area contributed by atoms with E-state index in [-0.39, 0.29) is 5.69 Å². The lowest BCUT2D eigenvalue weighted by Crippen LogP contribution is -1.94. The zero-order valence-electron chi connectivity index (χ0n) is 12.1. The van der Waals surface area contributed by atoms with Crippen molar-refractivity contribution in [2.75, 3.05) is 0 Å². The molecule has 1 aromatic carbocycles. The number of pyridine rings is 1. The molecule has 0 unspecified atom stereocenters. The molecule has 0 saturated carbocycles. The molecule has 0 bridgehead atoms. The lowest BCUT2D eigenvalue weighted by molar-refractivity contribution is -0.385. The summed E-state index contributed by atoms with van der Waals surface area (Å²) in [6.45, 7) is 4.00. The van der Waals surface area contributed by atoms with Crippen LogP contribution in [0, 0.1) is 35.3 Å². The van der Waals surface area contributed by atoms with Crippen molar-refractivity contribution >= 4 is 11.3 Å². The second kappa shape index (κ2) is 4.97.